The highest BCUT2D eigenvalue weighted by atomic mass is 79.9. The molecule has 1 heteroatoms. The molecular weight excluding hydrogens is 176 g/mol. The fourth-order valence-electron chi connectivity index (χ4n) is 0.789. The van der Waals surface area contributed by atoms with Gasteiger partial charge in [0.05, 0.1) is 0 Å². The van der Waals surface area contributed by atoms with Crippen LogP contribution in [0.1, 0.15) is 26.7 Å². The zero-order chi connectivity index (χ0) is 7.28. The Hall–Kier alpha value is 0.220. The maximum absolute atomic E-state index is 3.68. The Morgan fingerprint density at radius 1 is 1.56 bits per heavy atom. The van der Waals surface area contributed by atoms with E-state index in [4.69, 9.17) is 0 Å². The van der Waals surface area contributed by atoms with Gasteiger partial charge in [0.2, 0.25) is 0 Å². The van der Waals surface area contributed by atoms with Gasteiger partial charge in [-0.05, 0) is 18.8 Å². The highest BCUT2D eigenvalue weighted by Gasteiger charge is 2.02. The maximum atomic E-state index is 3.68. The molecule has 0 bridgehead atoms. The van der Waals surface area contributed by atoms with Crippen molar-refractivity contribution in [2.24, 2.45) is 5.92 Å². The normalized spacial score (nSPS) is 13.8. The first kappa shape index (κ1) is 9.22. The van der Waals surface area contributed by atoms with Gasteiger partial charge in [0, 0.05) is 4.83 Å². The standard InChI is InChI=1S/C8H15Br/c1-4-5-8(9)6-7(2)3/h4,7-8H,1,5-6H2,2-3H3. The lowest BCUT2D eigenvalue weighted by atomic mass is 10.1. The highest BCUT2D eigenvalue weighted by Crippen LogP contribution is 2.15. The van der Waals surface area contributed by atoms with Crippen molar-refractivity contribution >= 4 is 15.9 Å². The van der Waals surface area contributed by atoms with Gasteiger partial charge >= 0.3 is 0 Å². The van der Waals surface area contributed by atoms with Crippen molar-refractivity contribution < 1.29 is 0 Å². The quantitative estimate of drug-likeness (QED) is 0.472. The Balaban J connectivity index is 3.25. The van der Waals surface area contributed by atoms with Crippen LogP contribution in [0.4, 0.5) is 0 Å². The van der Waals surface area contributed by atoms with Crippen molar-refractivity contribution in [1.82, 2.24) is 0 Å². The molecule has 9 heavy (non-hydrogen) atoms. The number of allylic oxidation sites excluding steroid dienone is 1. The van der Waals surface area contributed by atoms with E-state index in [1.54, 1.807) is 0 Å². The Morgan fingerprint density at radius 3 is 2.44 bits per heavy atom. The van der Waals surface area contributed by atoms with Crippen LogP contribution >= 0.6 is 15.9 Å². The molecule has 0 aliphatic heterocycles. The van der Waals surface area contributed by atoms with Crippen LogP contribution in [0.2, 0.25) is 0 Å². The van der Waals surface area contributed by atoms with E-state index in [2.05, 4.69) is 36.4 Å². The third-order valence-electron chi connectivity index (χ3n) is 1.15. The highest BCUT2D eigenvalue weighted by molar-refractivity contribution is 9.09. The van der Waals surface area contributed by atoms with E-state index in [9.17, 15) is 0 Å². The zero-order valence-electron chi connectivity index (χ0n) is 6.23. The summed E-state index contributed by atoms with van der Waals surface area (Å²) in [5, 5.41) is 0. The van der Waals surface area contributed by atoms with E-state index >= 15 is 0 Å². The first-order valence-corrected chi connectivity index (χ1v) is 4.33. The van der Waals surface area contributed by atoms with E-state index in [0.29, 0.717) is 4.83 Å². The van der Waals surface area contributed by atoms with E-state index in [1.165, 1.54) is 6.42 Å². The molecule has 0 saturated heterocycles. The zero-order valence-corrected chi connectivity index (χ0v) is 7.82. The van der Waals surface area contributed by atoms with Crippen molar-refractivity contribution in [1.29, 1.82) is 0 Å². The smallest absolute Gasteiger partial charge is 0.0182 e. The summed E-state index contributed by atoms with van der Waals surface area (Å²) < 4.78 is 0. The molecule has 0 rings (SSSR count). The summed E-state index contributed by atoms with van der Waals surface area (Å²) in [6.07, 6.45) is 4.28. The average molecular weight is 191 g/mol. The van der Waals surface area contributed by atoms with Crippen molar-refractivity contribution in [3.05, 3.63) is 12.7 Å². The predicted octanol–water partition coefficient (Wildman–Crippen LogP) is 3.37. The minimum absolute atomic E-state index is 0.634. The number of rotatable bonds is 4. The summed E-state index contributed by atoms with van der Waals surface area (Å²) in [6.45, 7) is 8.14. The van der Waals surface area contributed by atoms with Crippen LogP contribution in [0, 0.1) is 5.92 Å². The van der Waals surface area contributed by atoms with Gasteiger partial charge in [-0.1, -0.05) is 35.9 Å². The van der Waals surface area contributed by atoms with Crippen molar-refractivity contribution in [2.75, 3.05) is 0 Å². The summed E-state index contributed by atoms with van der Waals surface area (Å²) in [7, 11) is 0. The molecule has 1 atom stereocenters. The summed E-state index contributed by atoms with van der Waals surface area (Å²) in [5.41, 5.74) is 0. The monoisotopic (exact) mass is 190 g/mol. The van der Waals surface area contributed by atoms with Gasteiger partial charge in [-0.25, -0.2) is 0 Å². The third kappa shape index (κ3) is 6.10. The van der Waals surface area contributed by atoms with Crippen LogP contribution in [0.5, 0.6) is 0 Å². The van der Waals surface area contributed by atoms with Gasteiger partial charge in [-0.2, -0.15) is 0 Å². The lowest BCUT2D eigenvalue weighted by Crippen LogP contribution is -2.00. The van der Waals surface area contributed by atoms with Gasteiger partial charge in [0.25, 0.3) is 0 Å². The first-order valence-electron chi connectivity index (χ1n) is 3.41. The second-order valence-electron chi connectivity index (χ2n) is 2.75. The van der Waals surface area contributed by atoms with Crippen LogP contribution in [-0.2, 0) is 0 Å². The number of hydrogen-bond donors (Lipinski definition) is 0. The fraction of sp³-hybridized carbons (Fsp3) is 0.750. The molecule has 0 spiro atoms. The Bertz CT molecular complexity index is 76.6. The molecule has 0 radical (unpaired) electrons. The molecule has 0 nitrogen and oxygen atoms in total. The van der Waals surface area contributed by atoms with Crippen molar-refractivity contribution in [3.63, 3.8) is 0 Å². The molecule has 0 saturated carbocycles. The van der Waals surface area contributed by atoms with Crippen LogP contribution < -0.4 is 0 Å². The first-order chi connectivity index (χ1) is 4.16. The lowest BCUT2D eigenvalue weighted by Gasteiger charge is -2.08. The number of alkyl halides is 1. The van der Waals surface area contributed by atoms with Crippen LogP contribution in [-0.4, -0.2) is 4.83 Å². The van der Waals surface area contributed by atoms with Gasteiger partial charge < -0.3 is 0 Å². The predicted molar refractivity (Wildman–Crippen MR) is 47.0 cm³/mol. The molecule has 0 aliphatic rings. The average Bonchev–Trinajstić information content (AvgIpc) is 1.63. The number of halogens is 1. The second kappa shape index (κ2) is 5.04. The minimum atomic E-state index is 0.634. The molecule has 0 fully saturated rings. The maximum Gasteiger partial charge on any atom is 0.0182 e. The summed E-state index contributed by atoms with van der Waals surface area (Å²) in [6, 6.07) is 0. The van der Waals surface area contributed by atoms with E-state index in [1.807, 2.05) is 6.08 Å². The molecule has 0 N–H and O–H groups in total. The molecule has 0 aromatic rings. The summed E-state index contributed by atoms with van der Waals surface area (Å²) >= 11 is 3.57. The topological polar surface area (TPSA) is 0 Å². The Morgan fingerprint density at radius 2 is 2.11 bits per heavy atom. The summed E-state index contributed by atoms with van der Waals surface area (Å²) in [4.78, 5) is 0.634. The van der Waals surface area contributed by atoms with E-state index in [-0.39, 0.29) is 0 Å². The lowest BCUT2D eigenvalue weighted by molar-refractivity contribution is 0.575. The van der Waals surface area contributed by atoms with Gasteiger partial charge in [0.15, 0.2) is 0 Å². The molecule has 0 heterocycles. The van der Waals surface area contributed by atoms with E-state index in [0.717, 1.165) is 12.3 Å². The Labute approximate surface area is 66.5 Å². The van der Waals surface area contributed by atoms with Gasteiger partial charge in [-0.3, -0.25) is 0 Å². The minimum Gasteiger partial charge on any atom is -0.103 e. The molecule has 0 amide bonds. The van der Waals surface area contributed by atoms with E-state index < -0.39 is 0 Å². The molecule has 54 valence electrons. The second-order valence-corrected chi connectivity index (χ2v) is 4.05. The SMILES string of the molecule is C=CCC(Br)CC(C)C. The van der Waals surface area contributed by atoms with Crippen molar-refractivity contribution in [3.8, 4) is 0 Å². The fourth-order valence-corrected chi connectivity index (χ4v) is 1.80. The summed E-state index contributed by atoms with van der Waals surface area (Å²) in [5.74, 6) is 0.786. The molecule has 0 aliphatic carbocycles. The molecular formula is C8H15Br. The molecule has 0 aromatic carbocycles. The molecule has 0 aromatic heterocycles. The number of hydrogen-bond acceptors (Lipinski definition) is 0. The van der Waals surface area contributed by atoms with Crippen LogP contribution in [0.3, 0.4) is 0 Å². The van der Waals surface area contributed by atoms with Gasteiger partial charge in [0.1, 0.15) is 0 Å². The third-order valence-corrected chi connectivity index (χ3v) is 1.90. The Kier molecular flexibility index (Phi) is 5.16. The largest absolute Gasteiger partial charge is 0.103 e. The van der Waals surface area contributed by atoms with Crippen molar-refractivity contribution in [2.45, 2.75) is 31.5 Å². The molecule has 1 unspecified atom stereocenters. The van der Waals surface area contributed by atoms with Crippen LogP contribution in [0.15, 0.2) is 12.7 Å². The van der Waals surface area contributed by atoms with Gasteiger partial charge in [-0.15, -0.1) is 6.58 Å². The van der Waals surface area contributed by atoms with Crippen LogP contribution in [0.25, 0.3) is 0 Å².